The lowest BCUT2D eigenvalue weighted by Gasteiger charge is -2.27. The fraction of sp³-hybridized carbons (Fsp3) is 0.320. The van der Waals surface area contributed by atoms with Gasteiger partial charge in [-0.25, -0.2) is 18.4 Å². The van der Waals surface area contributed by atoms with Gasteiger partial charge in [-0.3, -0.25) is 14.3 Å². The predicted molar refractivity (Wildman–Crippen MR) is 134 cm³/mol. The standard InChI is InChI=1S/C25H27F2N2O8P/c1-3-36-38(34,37-4-2)16-29(25(33)35-15-17-8-6-5-7-9-17)11-10-28-14-19(24(31)32)23(30)18-12-20(26)21(27)13-22(18)28/h5-9,12-14H,3-4,10-11,15-16H2,1-2H3,(H,31,32). The van der Waals surface area contributed by atoms with Gasteiger partial charge in [0, 0.05) is 30.7 Å². The third kappa shape index (κ3) is 7.03. The molecule has 2 aromatic carbocycles. The number of nitrogens with zero attached hydrogens (tertiary/aromatic N) is 2. The number of rotatable bonds is 12. The van der Waals surface area contributed by atoms with Crippen molar-refractivity contribution in [2.45, 2.75) is 27.0 Å². The van der Waals surface area contributed by atoms with Crippen LogP contribution in [0, 0.1) is 11.6 Å². The number of fused-ring (bicyclic) bond motifs is 1. The zero-order valence-corrected chi connectivity index (χ0v) is 21.7. The largest absolute Gasteiger partial charge is 0.477 e. The van der Waals surface area contributed by atoms with Gasteiger partial charge in [0.25, 0.3) is 0 Å². The zero-order valence-electron chi connectivity index (χ0n) is 20.8. The van der Waals surface area contributed by atoms with Crippen LogP contribution in [0.4, 0.5) is 13.6 Å². The molecule has 0 fully saturated rings. The lowest BCUT2D eigenvalue weighted by molar-refractivity contribution is 0.0694. The fourth-order valence-electron chi connectivity index (χ4n) is 3.70. The van der Waals surface area contributed by atoms with E-state index in [1.54, 1.807) is 44.2 Å². The molecular weight excluding hydrogens is 525 g/mol. The van der Waals surface area contributed by atoms with Crippen LogP contribution in [0.3, 0.4) is 0 Å². The van der Waals surface area contributed by atoms with E-state index in [4.69, 9.17) is 13.8 Å². The van der Waals surface area contributed by atoms with Gasteiger partial charge in [-0.05, 0) is 25.5 Å². The van der Waals surface area contributed by atoms with E-state index in [-0.39, 0.29) is 43.8 Å². The van der Waals surface area contributed by atoms with Gasteiger partial charge in [-0.15, -0.1) is 0 Å². The predicted octanol–water partition coefficient (Wildman–Crippen LogP) is 4.84. The highest BCUT2D eigenvalue weighted by Crippen LogP contribution is 2.48. The highest BCUT2D eigenvalue weighted by molar-refractivity contribution is 7.53. The number of carboxylic acid groups (broad SMARTS) is 1. The smallest absolute Gasteiger partial charge is 0.410 e. The molecule has 38 heavy (non-hydrogen) atoms. The minimum atomic E-state index is -3.78. The quantitative estimate of drug-likeness (QED) is 0.317. The van der Waals surface area contributed by atoms with Crippen LogP contribution in [0.25, 0.3) is 10.9 Å². The van der Waals surface area contributed by atoms with Gasteiger partial charge in [0.2, 0.25) is 5.43 Å². The highest BCUT2D eigenvalue weighted by Gasteiger charge is 2.31. The van der Waals surface area contributed by atoms with Crippen LogP contribution in [0.5, 0.6) is 0 Å². The molecule has 0 aliphatic rings. The third-order valence-corrected chi connectivity index (χ3v) is 7.41. The van der Waals surface area contributed by atoms with Crippen molar-refractivity contribution in [3.8, 4) is 0 Å². The van der Waals surface area contributed by atoms with Crippen molar-refractivity contribution in [3.63, 3.8) is 0 Å². The number of aromatic carboxylic acids is 1. The number of aromatic nitrogens is 1. The molecule has 0 spiro atoms. The summed E-state index contributed by atoms with van der Waals surface area (Å²) in [7, 11) is -3.78. The summed E-state index contributed by atoms with van der Waals surface area (Å²) in [6.07, 6.45) is -0.382. The van der Waals surface area contributed by atoms with E-state index in [9.17, 15) is 32.8 Å². The fourth-order valence-corrected chi connectivity index (χ4v) is 5.40. The number of carboxylic acids is 1. The number of hydrogen-bond acceptors (Lipinski definition) is 7. The Morgan fingerprint density at radius 1 is 1.05 bits per heavy atom. The van der Waals surface area contributed by atoms with Crippen LogP contribution < -0.4 is 5.43 Å². The Bertz CT molecular complexity index is 1400. The number of pyridine rings is 1. The van der Waals surface area contributed by atoms with Crippen LogP contribution in [0.2, 0.25) is 0 Å². The van der Waals surface area contributed by atoms with Crippen molar-refractivity contribution in [2.75, 3.05) is 26.0 Å². The Labute approximate surface area is 216 Å². The second-order valence-electron chi connectivity index (χ2n) is 8.05. The van der Waals surface area contributed by atoms with E-state index < -0.39 is 48.6 Å². The topological polar surface area (TPSA) is 124 Å². The molecule has 0 saturated carbocycles. The molecule has 3 aromatic rings. The lowest BCUT2D eigenvalue weighted by Crippen LogP contribution is -2.36. The molecule has 13 heteroatoms. The first-order chi connectivity index (χ1) is 18.1. The minimum absolute atomic E-state index is 0.0430. The SMILES string of the molecule is CCOP(=O)(CN(CCn1cc(C(=O)O)c(=O)c2cc(F)c(F)cc21)C(=O)OCc1ccccc1)OCC. The van der Waals surface area contributed by atoms with E-state index >= 15 is 0 Å². The van der Waals surface area contributed by atoms with Gasteiger partial charge in [0.05, 0.1) is 18.7 Å². The summed E-state index contributed by atoms with van der Waals surface area (Å²) in [5.74, 6) is -4.12. The molecule has 0 radical (unpaired) electrons. The van der Waals surface area contributed by atoms with Gasteiger partial charge in [0.15, 0.2) is 11.6 Å². The third-order valence-electron chi connectivity index (χ3n) is 5.42. The monoisotopic (exact) mass is 552 g/mol. The second kappa shape index (κ2) is 12.8. The first kappa shape index (κ1) is 29.0. The molecule has 3 rings (SSSR count). The number of ether oxygens (including phenoxy) is 1. The van der Waals surface area contributed by atoms with Gasteiger partial charge < -0.3 is 23.5 Å². The zero-order chi connectivity index (χ0) is 27.9. The second-order valence-corrected chi connectivity index (χ2v) is 10.1. The number of carbonyl (C=O) groups excluding carboxylic acids is 1. The number of benzene rings is 2. The first-order valence-electron chi connectivity index (χ1n) is 11.7. The maximum atomic E-state index is 14.0. The number of carbonyl (C=O) groups is 2. The molecule has 0 aliphatic heterocycles. The number of halogens is 2. The van der Waals surface area contributed by atoms with E-state index in [2.05, 4.69) is 0 Å². The normalized spacial score (nSPS) is 11.5. The van der Waals surface area contributed by atoms with E-state index in [0.29, 0.717) is 11.6 Å². The average molecular weight is 552 g/mol. The Morgan fingerprint density at radius 3 is 2.29 bits per heavy atom. The molecular formula is C25H27F2N2O8P. The summed E-state index contributed by atoms with van der Waals surface area (Å²) in [6, 6.07) is 10.2. The van der Waals surface area contributed by atoms with Crippen molar-refractivity contribution in [3.05, 3.63) is 81.6 Å². The molecule has 10 nitrogen and oxygen atoms in total. The van der Waals surface area contributed by atoms with Crippen molar-refractivity contribution in [1.29, 1.82) is 0 Å². The van der Waals surface area contributed by atoms with Crippen molar-refractivity contribution >= 4 is 30.6 Å². The maximum absolute atomic E-state index is 14.0. The summed E-state index contributed by atoms with van der Waals surface area (Å²) in [5, 5.41) is 9.10. The molecule has 0 aliphatic carbocycles. The molecule has 0 unspecified atom stereocenters. The summed E-state index contributed by atoms with van der Waals surface area (Å²) in [4.78, 5) is 38.3. The summed E-state index contributed by atoms with van der Waals surface area (Å²) < 4.78 is 58.3. The van der Waals surface area contributed by atoms with Gasteiger partial charge in [-0.1, -0.05) is 30.3 Å². The Balaban J connectivity index is 1.95. The Morgan fingerprint density at radius 2 is 1.68 bits per heavy atom. The number of amides is 1. The van der Waals surface area contributed by atoms with Gasteiger partial charge in [0.1, 0.15) is 18.5 Å². The molecule has 1 heterocycles. The first-order valence-corrected chi connectivity index (χ1v) is 13.4. The lowest BCUT2D eigenvalue weighted by atomic mass is 10.1. The van der Waals surface area contributed by atoms with E-state index in [1.807, 2.05) is 0 Å². The maximum Gasteiger partial charge on any atom is 0.410 e. The summed E-state index contributed by atoms with van der Waals surface area (Å²) >= 11 is 0. The minimum Gasteiger partial charge on any atom is -0.477 e. The van der Waals surface area contributed by atoms with Crippen LogP contribution >= 0.6 is 7.60 Å². The summed E-state index contributed by atoms with van der Waals surface area (Å²) in [6.45, 7) is 2.80. The van der Waals surface area contributed by atoms with Crippen LogP contribution in [-0.4, -0.2) is 52.7 Å². The van der Waals surface area contributed by atoms with Crippen molar-refractivity contribution in [2.24, 2.45) is 0 Å². The molecule has 0 atom stereocenters. The van der Waals surface area contributed by atoms with Crippen molar-refractivity contribution < 1.29 is 41.8 Å². The Kier molecular flexibility index (Phi) is 9.73. The molecule has 1 amide bonds. The van der Waals surface area contributed by atoms with E-state index in [1.165, 1.54) is 4.57 Å². The highest BCUT2D eigenvalue weighted by atomic mass is 31.2. The molecule has 204 valence electrons. The molecule has 1 aromatic heterocycles. The average Bonchev–Trinajstić information content (AvgIpc) is 2.88. The van der Waals surface area contributed by atoms with E-state index in [0.717, 1.165) is 17.2 Å². The van der Waals surface area contributed by atoms with Crippen LogP contribution in [0.15, 0.2) is 53.5 Å². The van der Waals surface area contributed by atoms with Crippen LogP contribution in [0.1, 0.15) is 29.8 Å². The van der Waals surface area contributed by atoms with Gasteiger partial charge >= 0.3 is 19.7 Å². The Hall–Kier alpha value is -3.60. The van der Waals surface area contributed by atoms with Gasteiger partial charge in [-0.2, -0.15) is 0 Å². The number of hydrogen-bond donors (Lipinski definition) is 1. The molecule has 0 bridgehead atoms. The summed E-state index contributed by atoms with van der Waals surface area (Å²) in [5.41, 5.74) is -1.04. The van der Waals surface area contributed by atoms with Crippen molar-refractivity contribution in [1.82, 2.24) is 9.47 Å². The molecule has 1 N–H and O–H groups in total. The molecule has 0 saturated heterocycles. The van der Waals surface area contributed by atoms with Crippen LogP contribution in [-0.2, 0) is 31.5 Å².